The topological polar surface area (TPSA) is 24.9 Å². The fourth-order valence-electron chi connectivity index (χ4n) is 1.31. The molecule has 2 nitrogen and oxygen atoms in total. The summed E-state index contributed by atoms with van der Waals surface area (Å²) in [5.41, 5.74) is 1.14. The minimum Gasteiger partial charge on any atom is -0.312 e. The van der Waals surface area contributed by atoms with Gasteiger partial charge in [-0.05, 0) is 25.6 Å². The molecule has 1 aromatic rings. The lowest BCUT2D eigenvalue weighted by Crippen LogP contribution is -2.16. The van der Waals surface area contributed by atoms with Crippen molar-refractivity contribution < 1.29 is 0 Å². The van der Waals surface area contributed by atoms with Crippen molar-refractivity contribution >= 4 is 0 Å². The van der Waals surface area contributed by atoms with Crippen LogP contribution in [0.25, 0.3) is 0 Å². The first-order valence-corrected chi connectivity index (χ1v) is 4.46. The van der Waals surface area contributed by atoms with Crippen molar-refractivity contribution in [2.45, 2.75) is 25.8 Å². The molecule has 1 unspecified atom stereocenters. The van der Waals surface area contributed by atoms with Gasteiger partial charge in [0.25, 0.3) is 0 Å². The van der Waals surface area contributed by atoms with Crippen molar-refractivity contribution in [2.24, 2.45) is 0 Å². The van der Waals surface area contributed by atoms with Crippen molar-refractivity contribution in [2.75, 3.05) is 7.05 Å². The van der Waals surface area contributed by atoms with E-state index in [4.69, 9.17) is 0 Å². The number of hydrogen-bond donors (Lipinski definition) is 1. The molecule has 66 valence electrons. The molecule has 1 aromatic heterocycles. The largest absolute Gasteiger partial charge is 0.312 e. The second-order valence-corrected chi connectivity index (χ2v) is 2.88. The zero-order valence-electron chi connectivity index (χ0n) is 7.75. The van der Waals surface area contributed by atoms with E-state index >= 15 is 0 Å². The van der Waals surface area contributed by atoms with Gasteiger partial charge in [-0.25, -0.2) is 0 Å². The fraction of sp³-hybridized carbons (Fsp3) is 0.500. The summed E-state index contributed by atoms with van der Waals surface area (Å²) in [6.07, 6.45) is 4.17. The molecule has 0 radical (unpaired) electrons. The summed E-state index contributed by atoms with van der Waals surface area (Å²) in [6.45, 7) is 2.19. The smallest absolute Gasteiger partial charge is 0.0573 e. The van der Waals surface area contributed by atoms with Crippen LogP contribution in [0.15, 0.2) is 24.4 Å². The Morgan fingerprint density at radius 3 is 2.83 bits per heavy atom. The molecule has 0 spiro atoms. The van der Waals surface area contributed by atoms with E-state index in [1.807, 2.05) is 25.4 Å². The van der Waals surface area contributed by atoms with Gasteiger partial charge in [0.15, 0.2) is 0 Å². The molecule has 0 saturated heterocycles. The highest BCUT2D eigenvalue weighted by Gasteiger charge is 2.07. The van der Waals surface area contributed by atoms with E-state index < -0.39 is 0 Å². The van der Waals surface area contributed by atoms with E-state index in [0.29, 0.717) is 6.04 Å². The summed E-state index contributed by atoms with van der Waals surface area (Å²) in [7, 11) is 1.98. The lowest BCUT2D eigenvalue weighted by Gasteiger charge is -2.13. The van der Waals surface area contributed by atoms with E-state index in [2.05, 4.69) is 23.3 Å². The van der Waals surface area contributed by atoms with Crippen LogP contribution in [0.5, 0.6) is 0 Å². The van der Waals surface area contributed by atoms with E-state index in [1.54, 1.807) is 0 Å². The predicted octanol–water partition coefficient (Wildman–Crippen LogP) is 2.14. The molecule has 12 heavy (non-hydrogen) atoms. The van der Waals surface area contributed by atoms with Crippen LogP contribution in [0.1, 0.15) is 31.5 Å². The highest BCUT2D eigenvalue weighted by Crippen LogP contribution is 2.14. The SMILES string of the molecule is CCCC(NC)c1ccccn1. The van der Waals surface area contributed by atoms with Gasteiger partial charge in [-0.1, -0.05) is 19.4 Å². The molecule has 1 heterocycles. The van der Waals surface area contributed by atoms with Crippen LogP contribution in [0.3, 0.4) is 0 Å². The number of pyridine rings is 1. The Morgan fingerprint density at radius 2 is 2.33 bits per heavy atom. The predicted molar refractivity (Wildman–Crippen MR) is 50.9 cm³/mol. The minimum atomic E-state index is 0.413. The molecular weight excluding hydrogens is 148 g/mol. The summed E-state index contributed by atoms with van der Waals surface area (Å²) in [5, 5.41) is 3.26. The van der Waals surface area contributed by atoms with E-state index in [0.717, 1.165) is 12.1 Å². The zero-order chi connectivity index (χ0) is 8.81. The Balaban J connectivity index is 2.66. The average Bonchev–Trinajstić information content (AvgIpc) is 2.15. The van der Waals surface area contributed by atoms with Crippen LogP contribution in [0.2, 0.25) is 0 Å². The molecule has 0 aliphatic rings. The maximum atomic E-state index is 4.31. The van der Waals surface area contributed by atoms with Crippen molar-refractivity contribution in [1.29, 1.82) is 0 Å². The maximum Gasteiger partial charge on any atom is 0.0573 e. The second-order valence-electron chi connectivity index (χ2n) is 2.88. The molecule has 0 saturated carbocycles. The number of hydrogen-bond acceptors (Lipinski definition) is 2. The lowest BCUT2D eigenvalue weighted by atomic mass is 10.1. The quantitative estimate of drug-likeness (QED) is 0.737. The Bertz CT molecular complexity index is 208. The fourth-order valence-corrected chi connectivity index (χ4v) is 1.31. The van der Waals surface area contributed by atoms with Gasteiger partial charge in [-0.3, -0.25) is 4.98 Å². The average molecular weight is 164 g/mol. The third-order valence-electron chi connectivity index (χ3n) is 1.97. The van der Waals surface area contributed by atoms with Gasteiger partial charge in [0.2, 0.25) is 0 Å². The van der Waals surface area contributed by atoms with Gasteiger partial charge >= 0.3 is 0 Å². The van der Waals surface area contributed by atoms with Crippen LogP contribution in [-0.2, 0) is 0 Å². The van der Waals surface area contributed by atoms with Crippen LogP contribution < -0.4 is 5.32 Å². The number of nitrogens with one attached hydrogen (secondary N) is 1. The molecule has 0 aromatic carbocycles. The Labute approximate surface area is 74.0 Å². The third-order valence-corrected chi connectivity index (χ3v) is 1.97. The molecule has 0 aliphatic carbocycles. The normalized spacial score (nSPS) is 12.8. The van der Waals surface area contributed by atoms with Crippen molar-refractivity contribution in [3.8, 4) is 0 Å². The molecule has 2 heteroatoms. The van der Waals surface area contributed by atoms with Gasteiger partial charge < -0.3 is 5.32 Å². The first-order valence-electron chi connectivity index (χ1n) is 4.46. The number of rotatable bonds is 4. The van der Waals surface area contributed by atoms with Crippen LogP contribution in [-0.4, -0.2) is 12.0 Å². The van der Waals surface area contributed by atoms with Crippen molar-refractivity contribution in [3.05, 3.63) is 30.1 Å². The van der Waals surface area contributed by atoms with E-state index in [9.17, 15) is 0 Å². The Morgan fingerprint density at radius 1 is 1.50 bits per heavy atom. The Kier molecular flexibility index (Phi) is 3.74. The highest BCUT2D eigenvalue weighted by atomic mass is 14.9. The molecule has 0 bridgehead atoms. The first-order chi connectivity index (χ1) is 5.88. The number of nitrogens with zero attached hydrogens (tertiary/aromatic N) is 1. The van der Waals surface area contributed by atoms with Crippen molar-refractivity contribution in [3.63, 3.8) is 0 Å². The molecule has 1 atom stereocenters. The monoisotopic (exact) mass is 164 g/mol. The molecule has 0 amide bonds. The zero-order valence-corrected chi connectivity index (χ0v) is 7.75. The highest BCUT2D eigenvalue weighted by molar-refractivity contribution is 5.08. The molecule has 0 aliphatic heterocycles. The van der Waals surface area contributed by atoms with E-state index in [-0.39, 0.29) is 0 Å². The van der Waals surface area contributed by atoms with Crippen molar-refractivity contribution in [1.82, 2.24) is 10.3 Å². The summed E-state index contributed by atoms with van der Waals surface area (Å²) >= 11 is 0. The molecule has 1 rings (SSSR count). The lowest BCUT2D eigenvalue weighted by molar-refractivity contribution is 0.529. The molecular formula is C10H16N2. The summed E-state index contributed by atoms with van der Waals surface area (Å²) in [4.78, 5) is 4.31. The van der Waals surface area contributed by atoms with E-state index in [1.165, 1.54) is 6.42 Å². The van der Waals surface area contributed by atoms with Crippen LogP contribution in [0, 0.1) is 0 Å². The van der Waals surface area contributed by atoms with Gasteiger partial charge in [0, 0.05) is 12.2 Å². The summed E-state index contributed by atoms with van der Waals surface area (Å²) in [5.74, 6) is 0. The van der Waals surface area contributed by atoms with Crippen LogP contribution >= 0.6 is 0 Å². The molecule has 0 fully saturated rings. The third kappa shape index (κ3) is 2.31. The van der Waals surface area contributed by atoms with Gasteiger partial charge in [-0.2, -0.15) is 0 Å². The number of aromatic nitrogens is 1. The standard InChI is InChI=1S/C10H16N2/c1-3-6-9(11-2)10-7-4-5-8-12-10/h4-5,7-9,11H,3,6H2,1-2H3. The summed E-state index contributed by atoms with van der Waals surface area (Å²) < 4.78 is 0. The molecule has 1 N–H and O–H groups in total. The Hall–Kier alpha value is -0.890. The summed E-state index contributed by atoms with van der Waals surface area (Å²) in [6, 6.07) is 6.46. The van der Waals surface area contributed by atoms with Gasteiger partial charge in [-0.15, -0.1) is 0 Å². The van der Waals surface area contributed by atoms with Gasteiger partial charge in [0.1, 0.15) is 0 Å². The first kappa shape index (κ1) is 9.20. The minimum absolute atomic E-state index is 0.413. The van der Waals surface area contributed by atoms with Gasteiger partial charge in [0.05, 0.1) is 5.69 Å². The second kappa shape index (κ2) is 4.88. The maximum absolute atomic E-state index is 4.31. The van der Waals surface area contributed by atoms with Crippen LogP contribution in [0.4, 0.5) is 0 Å².